The highest BCUT2D eigenvalue weighted by Crippen LogP contribution is 2.19. The Morgan fingerprint density at radius 2 is 1.83 bits per heavy atom. The monoisotopic (exact) mass is 328 g/mol. The number of benzene rings is 2. The summed E-state index contributed by atoms with van der Waals surface area (Å²) in [5.74, 6) is 0.750. The fraction of sp³-hybridized carbons (Fsp3) is 0.316. The summed E-state index contributed by atoms with van der Waals surface area (Å²) in [7, 11) is 1.66. The highest BCUT2D eigenvalue weighted by Gasteiger charge is 2.14. The van der Waals surface area contributed by atoms with Crippen LogP contribution in [0.4, 0.5) is 4.79 Å². The van der Waals surface area contributed by atoms with E-state index in [-0.39, 0.29) is 18.7 Å². The summed E-state index contributed by atoms with van der Waals surface area (Å²) in [6.07, 6.45) is 0. The molecule has 5 nitrogen and oxygen atoms in total. The topological polar surface area (TPSA) is 61.8 Å². The lowest BCUT2D eigenvalue weighted by Crippen LogP contribution is -2.43. The average Bonchev–Trinajstić information content (AvgIpc) is 2.64. The second-order valence-electron chi connectivity index (χ2n) is 5.68. The van der Waals surface area contributed by atoms with E-state index in [2.05, 4.69) is 5.32 Å². The lowest BCUT2D eigenvalue weighted by Gasteiger charge is -2.23. The van der Waals surface area contributed by atoms with Crippen LogP contribution in [0.5, 0.6) is 5.75 Å². The molecule has 0 aromatic heterocycles. The van der Waals surface area contributed by atoms with Gasteiger partial charge in [-0.2, -0.15) is 0 Å². The van der Waals surface area contributed by atoms with E-state index in [1.807, 2.05) is 54.6 Å². The molecule has 0 saturated carbocycles. The van der Waals surface area contributed by atoms with Crippen molar-refractivity contribution in [2.45, 2.75) is 26.1 Å². The number of aliphatic hydroxyl groups is 1. The number of para-hydroxylation sites is 1. The molecule has 1 unspecified atom stereocenters. The van der Waals surface area contributed by atoms with Gasteiger partial charge in [-0.25, -0.2) is 4.79 Å². The summed E-state index contributed by atoms with van der Waals surface area (Å²) in [5.41, 5.74) is 2.00. The van der Waals surface area contributed by atoms with Gasteiger partial charge in [-0.05, 0) is 18.6 Å². The number of urea groups is 1. The minimum absolute atomic E-state index is 0.0688. The number of carbonyl (C=O) groups is 1. The van der Waals surface area contributed by atoms with Crippen molar-refractivity contribution < 1.29 is 14.6 Å². The first-order valence-electron chi connectivity index (χ1n) is 7.98. The largest absolute Gasteiger partial charge is 0.489 e. The van der Waals surface area contributed by atoms with Crippen LogP contribution in [0.3, 0.4) is 0 Å². The SMILES string of the molecule is CC(CO)N(C)C(=O)NCc1ccccc1OCc1ccccc1. The van der Waals surface area contributed by atoms with Gasteiger partial charge in [0, 0.05) is 19.2 Å². The van der Waals surface area contributed by atoms with Gasteiger partial charge in [-0.1, -0.05) is 48.5 Å². The lowest BCUT2D eigenvalue weighted by molar-refractivity contribution is 0.157. The molecule has 2 aromatic carbocycles. The molecule has 0 spiro atoms. The number of carbonyl (C=O) groups excluding carboxylic acids is 1. The van der Waals surface area contributed by atoms with Crippen molar-refractivity contribution >= 4 is 6.03 Å². The van der Waals surface area contributed by atoms with Crippen LogP contribution < -0.4 is 10.1 Å². The Balaban J connectivity index is 1.95. The molecular formula is C19H24N2O3. The smallest absolute Gasteiger partial charge is 0.317 e. The second-order valence-corrected chi connectivity index (χ2v) is 5.68. The molecule has 2 amide bonds. The van der Waals surface area contributed by atoms with E-state index in [9.17, 15) is 4.79 Å². The minimum atomic E-state index is -0.227. The summed E-state index contributed by atoms with van der Waals surface area (Å²) in [4.78, 5) is 13.5. The first kappa shape index (κ1) is 17.8. The van der Waals surface area contributed by atoms with E-state index in [0.29, 0.717) is 13.2 Å². The maximum Gasteiger partial charge on any atom is 0.317 e. The van der Waals surface area contributed by atoms with Crippen LogP contribution in [0, 0.1) is 0 Å². The number of hydrogen-bond acceptors (Lipinski definition) is 3. The standard InChI is InChI=1S/C19H24N2O3/c1-15(13-22)21(2)19(23)20-12-17-10-6-7-11-18(17)24-14-16-8-4-3-5-9-16/h3-11,15,22H,12-14H2,1-2H3,(H,20,23). The number of amides is 2. The van der Waals surface area contributed by atoms with Crippen molar-refractivity contribution in [1.82, 2.24) is 10.2 Å². The predicted octanol–water partition coefficient (Wildman–Crippen LogP) is 2.79. The fourth-order valence-electron chi connectivity index (χ4n) is 2.14. The summed E-state index contributed by atoms with van der Waals surface area (Å²) in [6, 6.07) is 17.1. The summed E-state index contributed by atoms with van der Waals surface area (Å²) >= 11 is 0. The van der Waals surface area contributed by atoms with Gasteiger partial charge >= 0.3 is 6.03 Å². The van der Waals surface area contributed by atoms with Gasteiger partial charge in [0.15, 0.2) is 0 Å². The highest BCUT2D eigenvalue weighted by atomic mass is 16.5. The van der Waals surface area contributed by atoms with E-state index < -0.39 is 0 Å². The van der Waals surface area contributed by atoms with Crippen LogP contribution in [-0.2, 0) is 13.2 Å². The van der Waals surface area contributed by atoms with Crippen LogP contribution >= 0.6 is 0 Å². The Bertz CT molecular complexity index is 646. The van der Waals surface area contributed by atoms with Gasteiger partial charge in [0.2, 0.25) is 0 Å². The van der Waals surface area contributed by atoms with Gasteiger partial charge in [0.25, 0.3) is 0 Å². The normalized spacial score (nSPS) is 11.6. The van der Waals surface area contributed by atoms with Gasteiger partial charge in [0.1, 0.15) is 12.4 Å². The Morgan fingerprint density at radius 1 is 1.17 bits per heavy atom. The van der Waals surface area contributed by atoms with Crippen molar-refractivity contribution in [1.29, 1.82) is 0 Å². The first-order valence-corrected chi connectivity index (χ1v) is 7.98. The van der Waals surface area contributed by atoms with E-state index in [1.54, 1.807) is 14.0 Å². The maximum absolute atomic E-state index is 12.1. The van der Waals surface area contributed by atoms with Crippen molar-refractivity contribution in [3.63, 3.8) is 0 Å². The summed E-state index contributed by atoms with van der Waals surface area (Å²) in [5, 5.41) is 12.0. The molecule has 0 aliphatic rings. The van der Waals surface area contributed by atoms with Gasteiger partial charge in [-0.3, -0.25) is 0 Å². The summed E-state index contributed by atoms with van der Waals surface area (Å²) < 4.78 is 5.88. The molecule has 2 rings (SSSR count). The molecule has 0 bridgehead atoms. The van der Waals surface area contributed by atoms with Crippen LogP contribution in [0.15, 0.2) is 54.6 Å². The Hall–Kier alpha value is -2.53. The van der Waals surface area contributed by atoms with Gasteiger partial charge in [-0.15, -0.1) is 0 Å². The molecular weight excluding hydrogens is 304 g/mol. The van der Waals surface area contributed by atoms with E-state index >= 15 is 0 Å². The number of ether oxygens (including phenoxy) is 1. The fourth-order valence-corrected chi connectivity index (χ4v) is 2.14. The third-order valence-electron chi connectivity index (χ3n) is 3.89. The molecule has 2 N–H and O–H groups in total. The van der Waals surface area contributed by atoms with Crippen LogP contribution in [0.2, 0.25) is 0 Å². The molecule has 0 saturated heterocycles. The number of nitrogens with zero attached hydrogens (tertiary/aromatic N) is 1. The Kier molecular flexibility index (Phi) is 6.63. The van der Waals surface area contributed by atoms with E-state index in [4.69, 9.17) is 9.84 Å². The quantitative estimate of drug-likeness (QED) is 0.821. The van der Waals surface area contributed by atoms with E-state index in [0.717, 1.165) is 16.9 Å². The lowest BCUT2D eigenvalue weighted by atomic mass is 10.2. The van der Waals surface area contributed by atoms with Crippen molar-refractivity contribution in [3.8, 4) is 5.75 Å². The van der Waals surface area contributed by atoms with E-state index in [1.165, 1.54) is 4.90 Å². The highest BCUT2D eigenvalue weighted by molar-refractivity contribution is 5.74. The maximum atomic E-state index is 12.1. The van der Waals surface area contributed by atoms with Crippen LogP contribution in [-0.4, -0.2) is 35.7 Å². The molecule has 0 radical (unpaired) electrons. The predicted molar refractivity (Wildman–Crippen MR) is 93.8 cm³/mol. The Morgan fingerprint density at radius 3 is 2.54 bits per heavy atom. The number of hydrogen-bond donors (Lipinski definition) is 2. The number of aliphatic hydroxyl groups excluding tert-OH is 1. The molecule has 0 heterocycles. The molecule has 128 valence electrons. The number of rotatable bonds is 7. The third kappa shape index (κ3) is 4.99. The Labute approximate surface area is 142 Å². The average molecular weight is 328 g/mol. The van der Waals surface area contributed by atoms with Gasteiger partial charge in [0.05, 0.1) is 12.6 Å². The summed E-state index contributed by atoms with van der Waals surface area (Å²) in [6.45, 7) is 2.57. The molecule has 2 aromatic rings. The molecule has 0 aliphatic heterocycles. The number of likely N-dealkylation sites (N-methyl/N-ethyl adjacent to an activating group) is 1. The van der Waals surface area contributed by atoms with Crippen molar-refractivity contribution in [2.75, 3.05) is 13.7 Å². The van der Waals surface area contributed by atoms with Crippen LogP contribution in [0.1, 0.15) is 18.1 Å². The molecule has 24 heavy (non-hydrogen) atoms. The zero-order valence-electron chi connectivity index (χ0n) is 14.1. The first-order chi connectivity index (χ1) is 11.6. The molecule has 1 atom stereocenters. The van der Waals surface area contributed by atoms with Gasteiger partial charge < -0.3 is 20.1 Å². The number of nitrogens with one attached hydrogen (secondary N) is 1. The molecule has 0 fully saturated rings. The zero-order valence-corrected chi connectivity index (χ0v) is 14.1. The second kappa shape index (κ2) is 8.93. The molecule has 5 heteroatoms. The molecule has 0 aliphatic carbocycles. The minimum Gasteiger partial charge on any atom is -0.489 e. The van der Waals surface area contributed by atoms with Crippen LogP contribution in [0.25, 0.3) is 0 Å². The zero-order chi connectivity index (χ0) is 17.4. The third-order valence-corrected chi connectivity index (χ3v) is 3.89. The van der Waals surface area contributed by atoms with Crippen molar-refractivity contribution in [2.24, 2.45) is 0 Å². The van der Waals surface area contributed by atoms with Crippen molar-refractivity contribution in [3.05, 3.63) is 65.7 Å².